The molecule has 5 heterocycles. The van der Waals surface area contributed by atoms with E-state index in [9.17, 15) is 0 Å². The summed E-state index contributed by atoms with van der Waals surface area (Å²) in [6.45, 7) is 0. The standard InChI is InChI=1S/C43H24N6S2/c1-3-12-25(13-4-1)41-46-42(26-14-5-2-6-15-26)48-43(47-41)27-16-11-17-28(22-27)49-31-20-9-7-18-29(31)34-38(49)35-30-19-8-10-21-32(30)50-40(35)36-37-33(51-39(34)36)23-44-24-45-37/h1-24H. The Balaban J connectivity index is 1.24. The Kier molecular flexibility index (Phi) is 6.19. The molecule has 6 aromatic carbocycles. The number of nitrogens with zero attached hydrogens (tertiary/aromatic N) is 6. The Labute approximate surface area is 299 Å². The van der Waals surface area contributed by atoms with E-state index in [1.807, 2.05) is 78.2 Å². The van der Waals surface area contributed by atoms with E-state index < -0.39 is 0 Å². The number of hydrogen-bond donors (Lipinski definition) is 0. The first kappa shape index (κ1) is 28.5. The van der Waals surface area contributed by atoms with Gasteiger partial charge in [0.05, 0.1) is 21.3 Å². The summed E-state index contributed by atoms with van der Waals surface area (Å²) in [4.78, 5) is 24.3. The fourth-order valence-corrected chi connectivity index (χ4v) is 9.90. The van der Waals surface area contributed by atoms with E-state index in [-0.39, 0.29) is 0 Å². The molecule has 0 amide bonds. The van der Waals surface area contributed by atoms with Crippen molar-refractivity contribution >= 4 is 85.0 Å². The van der Waals surface area contributed by atoms with E-state index in [4.69, 9.17) is 19.9 Å². The van der Waals surface area contributed by atoms with E-state index in [1.165, 1.54) is 46.5 Å². The van der Waals surface area contributed by atoms with Crippen LogP contribution in [-0.2, 0) is 0 Å². The van der Waals surface area contributed by atoms with Gasteiger partial charge < -0.3 is 4.57 Å². The van der Waals surface area contributed by atoms with Crippen LogP contribution in [0.25, 0.3) is 102 Å². The van der Waals surface area contributed by atoms with Gasteiger partial charge >= 0.3 is 0 Å². The summed E-state index contributed by atoms with van der Waals surface area (Å²) >= 11 is 3.62. The van der Waals surface area contributed by atoms with Gasteiger partial charge in [-0.3, -0.25) is 0 Å². The summed E-state index contributed by atoms with van der Waals surface area (Å²) in [6.07, 6.45) is 3.61. The molecule has 0 aliphatic heterocycles. The van der Waals surface area contributed by atoms with Crippen LogP contribution >= 0.6 is 22.7 Å². The SMILES string of the molecule is c1ccc(-c2nc(-c3ccccc3)nc(-c3cccc(-n4c5ccccc5c5c6sc7cncnc7c6c6sc7ccccc7c6c54)c3)n2)cc1. The van der Waals surface area contributed by atoms with Crippen molar-refractivity contribution in [2.45, 2.75) is 0 Å². The summed E-state index contributed by atoms with van der Waals surface area (Å²) in [5.74, 6) is 1.91. The lowest BCUT2D eigenvalue weighted by molar-refractivity contribution is 1.07. The molecule has 0 unspecified atom stereocenters. The molecule has 0 radical (unpaired) electrons. The zero-order chi connectivity index (χ0) is 33.5. The van der Waals surface area contributed by atoms with Crippen LogP contribution in [0.15, 0.2) is 146 Å². The predicted molar refractivity (Wildman–Crippen MR) is 212 cm³/mol. The lowest BCUT2D eigenvalue weighted by Crippen LogP contribution is -2.01. The second-order valence-corrected chi connectivity index (χ2v) is 14.6. The maximum atomic E-state index is 5.05. The number of hydrogen-bond acceptors (Lipinski definition) is 7. The average Bonchev–Trinajstić information content (AvgIpc) is 3.88. The summed E-state index contributed by atoms with van der Waals surface area (Å²) in [6, 6.07) is 46.3. The molecule has 0 saturated carbocycles. The van der Waals surface area contributed by atoms with Gasteiger partial charge in [-0.05, 0) is 24.3 Å². The van der Waals surface area contributed by atoms with Gasteiger partial charge in [-0.25, -0.2) is 24.9 Å². The predicted octanol–water partition coefficient (Wildman–Crippen LogP) is 11.5. The van der Waals surface area contributed by atoms with Crippen molar-refractivity contribution in [2.75, 3.05) is 0 Å². The highest BCUT2D eigenvalue weighted by molar-refractivity contribution is 7.30. The van der Waals surface area contributed by atoms with Crippen LogP contribution in [0, 0.1) is 0 Å². The third kappa shape index (κ3) is 4.30. The van der Waals surface area contributed by atoms with E-state index in [2.05, 4.69) is 82.3 Å². The number of fused-ring (bicyclic) bond motifs is 12. The van der Waals surface area contributed by atoms with Crippen molar-refractivity contribution in [1.82, 2.24) is 29.5 Å². The highest BCUT2D eigenvalue weighted by Gasteiger charge is 2.25. The van der Waals surface area contributed by atoms with Crippen LogP contribution in [0.3, 0.4) is 0 Å². The lowest BCUT2D eigenvalue weighted by atomic mass is 10.0. The molecule has 5 aromatic heterocycles. The highest BCUT2D eigenvalue weighted by Crippen LogP contribution is 2.51. The molecule has 0 spiro atoms. The smallest absolute Gasteiger partial charge is 0.164 e. The number of rotatable bonds is 4. The third-order valence-corrected chi connectivity index (χ3v) is 11.9. The van der Waals surface area contributed by atoms with E-state index in [0.29, 0.717) is 17.5 Å². The van der Waals surface area contributed by atoms with Gasteiger partial charge in [0.15, 0.2) is 17.5 Å². The molecule has 11 rings (SSSR count). The van der Waals surface area contributed by atoms with Gasteiger partial charge in [0.25, 0.3) is 0 Å². The Hall–Kier alpha value is -6.35. The van der Waals surface area contributed by atoms with Crippen LogP contribution in [0.2, 0.25) is 0 Å². The fourth-order valence-electron chi connectivity index (χ4n) is 7.39. The van der Waals surface area contributed by atoms with Crippen molar-refractivity contribution in [3.8, 4) is 39.9 Å². The monoisotopic (exact) mass is 688 g/mol. The molecule has 11 aromatic rings. The van der Waals surface area contributed by atoms with Crippen molar-refractivity contribution in [3.63, 3.8) is 0 Å². The van der Waals surface area contributed by atoms with Gasteiger partial charge in [-0.2, -0.15) is 0 Å². The van der Waals surface area contributed by atoms with E-state index in [0.717, 1.165) is 38.1 Å². The molecule has 0 aliphatic carbocycles. The minimum Gasteiger partial charge on any atom is -0.308 e. The molecule has 0 fully saturated rings. The largest absolute Gasteiger partial charge is 0.308 e. The first-order valence-electron chi connectivity index (χ1n) is 16.7. The van der Waals surface area contributed by atoms with Crippen LogP contribution < -0.4 is 0 Å². The maximum Gasteiger partial charge on any atom is 0.164 e. The Morgan fingerprint density at radius 1 is 0.490 bits per heavy atom. The highest BCUT2D eigenvalue weighted by atomic mass is 32.1. The average molecular weight is 689 g/mol. The van der Waals surface area contributed by atoms with Gasteiger partial charge in [0.1, 0.15) is 6.33 Å². The summed E-state index contributed by atoms with van der Waals surface area (Å²) in [7, 11) is 0. The minimum atomic E-state index is 0.627. The first-order valence-corrected chi connectivity index (χ1v) is 18.3. The summed E-state index contributed by atoms with van der Waals surface area (Å²) < 4.78 is 7.27. The topological polar surface area (TPSA) is 69.4 Å². The number of benzene rings is 6. The van der Waals surface area contributed by atoms with Crippen LogP contribution in [0.5, 0.6) is 0 Å². The molecule has 238 valence electrons. The zero-order valence-corrected chi connectivity index (χ0v) is 28.5. The molecule has 0 bridgehead atoms. The third-order valence-electron chi connectivity index (χ3n) is 9.58. The van der Waals surface area contributed by atoms with E-state index in [1.54, 1.807) is 17.7 Å². The fraction of sp³-hybridized carbons (Fsp3) is 0. The molecule has 6 nitrogen and oxygen atoms in total. The molecule has 8 heteroatoms. The van der Waals surface area contributed by atoms with Crippen molar-refractivity contribution < 1.29 is 0 Å². The van der Waals surface area contributed by atoms with Gasteiger partial charge in [-0.15, -0.1) is 22.7 Å². The molecule has 0 N–H and O–H groups in total. The number of aromatic nitrogens is 6. The Morgan fingerprint density at radius 3 is 1.82 bits per heavy atom. The van der Waals surface area contributed by atoms with Gasteiger partial charge in [-0.1, -0.05) is 109 Å². The Morgan fingerprint density at radius 2 is 1.08 bits per heavy atom. The lowest BCUT2D eigenvalue weighted by Gasteiger charge is -2.12. The molecule has 51 heavy (non-hydrogen) atoms. The van der Waals surface area contributed by atoms with Crippen molar-refractivity contribution in [1.29, 1.82) is 0 Å². The quantitative estimate of drug-likeness (QED) is 0.184. The first-order chi connectivity index (χ1) is 25.3. The second-order valence-electron chi connectivity index (χ2n) is 12.5. The van der Waals surface area contributed by atoms with Gasteiger partial charge in [0, 0.05) is 69.6 Å². The van der Waals surface area contributed by atoms with Crippen LogP contribution in [-0.4, -0.2) is 29.5 Å². The molecular weight excluding hydrogens is 665 g/mol. The summed E-state index contributed by atoms with van der Waals surface area (Å²) in [5, 5.41) is 6.15. The summed E-state index contributed by atoms with van der Waals surface area (Å²) in [5.41, 5.74) is 7.20. The molecular formula is C43H24N6S2. The van der Waals surface area contributed by atoms with Crippen molar-refractivity contribution in [3.05, 3.63) is 146 Å². The number of thiophene rings is 2. The molecule has 0 saturated heterocycles. The normalized spacial score (nSPS) is 11.9. The zero-order valence-electron chi connectivity index (χ0n) is 26.9. The second kappa shape index (κ2) is 11.1. The van der Waals surface area contributed by atoms with Gasteiger partial charge in [0.2, 0.25) is 0 Å². The number of para-hydroxylation sites is 1. The van der Waals surface area contributed by atoms with E-state index >= 15 is 0 Å². The maximum absolute atomic E-state index is 5.05. The molecule has 0 atom stereocenters. The van der Waals surface area contributed by atoms with Crippen LogP contribution in [0.4, 0.5) is 0 Å². The van der Waals surface area contributed by atoms with Crippen LogP contribution in [0.1, 0.15) is 0 Å². The Bertz CT molecular complexity index is 3060. The molecule has 0 aliphatic rings. The minimum absolute atomic E-state index is 0.627. The van der Waals surface area contributed by atoms with Crippen molar-refractivity contribution in [2.24, 2.45) is 0 Å².